The highest BCUT2D eigenvalue weighted by Gasteiger charge is 2.56. The maximum absolute atomic E-state index is 2.56. The molecule has 1 spiro atoms. The summed E-state index contributed by atoms with van der Waals surface area (Å²) in [6, 6.07) is 70.3. The Morgan fingerprint density at radius 2 is 0.965 bits per heavy atom. The maximum Gasteiger partial charge on any atom is 0.0462 e. The van der Waals surface area contributed by atoms with E-state index in [9.17, 15) is 0 Å². The van der Waals surface area contributed by atoms with Crippen LogP contribution in [-0.2, 0) is 5.41 Å². The highest BCUT2D eigenvalue weighted by Crippen LogP contribution is 2.65. The molecule has 0 aliphatic heterocycles. The Balaban J connectivity index is 0.912. The van der Waals surface area contributed by atoms with Crippen molar-refractivity contribution in [3.05, 3.63) is 199 Å². The van der Waals surface area contributed by atoms with E-state index in [-0.39, 0.29) is 5.41 Å². The molecule has 3 unspecified atom stereocenters. The Bertz CT molecular complexity index is 2960. The van der Waals surface area contributed by atoms with E-state index >= 15 is 0 Å². The molecule has 272 valence electrons. The average Bonchev–Trinajstić information content (AvgIpc) is 4.06. The minimum Gasteiger partial charge on any atom is -0.311 e. The lowest BCUT2D eigenvalue weighted by Crippen LogP contribution is -2.31. The standard InChI is InChI=1S/C55H41NS/c1-2-8-37(9-3-1)38-15-24-44(25-16-38)56(45-26-17-39(18-27-45)41-22-31-54-50(33-41)49-11-5-7-13-53(49)57-54)46-28-19-40(20-29-46)42-21-30-48-47-10-4-6-12-51(47)55(52(48)34-42)35-36-14-23-43(55)32-36/h1-13,15-22,24-31,33-34,36,43H,14,23,32,35H2. The molecule has 9 aromatic rings. The minimum atomic E-state index is 0.183. The van der Waals surface area contributed by atoms with Crippen molar-refractivity contribution in [1.29, 1.82) is 0 Å². The van der Waals surface area contributed by atoms with E-state index in [1.54, 1.807) is 11.1 Å². The number of benzene rings is 8. The summed E-state index contributed by atoms with van der Waals surface area (Å²) in [7, 11) is 0. The van der Waals surface area contributed by atoms with Gasteiger partial charge in [-0.15, -0.1) is 11.3 Å². The summed E-state index contributed by atoms with van der Waals surface area (Å²) in [6.07, 6.45) is 5.46. The van der Waals surface area contributed by atoms with Crippen LogP contribution in [0.1, 0.15) is 36.8 Å². The molecule has 3 aliphatic rings. The van der Waals surface area contributed by atoms with Gasteiger partial charge in [-0.3, -0.25) is 0 Å². The molecular weight excluding hydrogens is 707 g/mol. The Morgan fingerprint density at radius 1 is 0.421 bits per heavy atom. The maximum atomic E-state index is 2.56. The lowest BCUT2D eigenvalue weighted by molar-refractivity contribution is 0.327. The molecular formula is C55H41NS. The van der Waals surface area contributed by atoms with E-state index in [4.69, 9.17) is 0 Å². The molecule has 8 aromatic carbocycles. The quantitative estimate of drug-likeness (QED) is 0.164. The largest absolute Gasteiger partial charge is 0.311 e. The molecule has 2 saturated carbocycles. The summed E-state index contributed by atoms with van der Waals surface area (Å²) in [5, 5.41) is 2.66. The van der Waals surface area contributed by atoms with Gasteiger partial charge in [0.1, 0.15) is 0 Å². The highest BCUT2D eigenvalue weighted by molar-refractivity contribution is 7.25. The van der Waals surface area contributed by atoms with Crippen LogP contribution in [0.25, 0.3) is 64.7 Å². The van der Waals surface area contributed by atoms with Crippen LogP contribution < -0.4 is 4.90 Å². The second kappa shape index (κ2) is 12.9. The summed E-state index contributed by atoms with van der Waals surface area (Å²) in [5.74, 6) is 1.62. The Hall–Kier alpha value is -6.22. The number of nitrogens with zero attached hydrogens (tertiary/aromatic N) is 1. The SMILES string of the molecule is c1ccc(-c2ccc(N(c3ccc(-c4ccc5c(c4)C4(CC6CCC4C6)c4ccccc4-5)cc3)c3ccc(-c4ccc5sc6ccccc6c5c4)cc3)cc2)cc1. The van der Waals surface area contributed by atoms with Crippen LogP contribution in [-0.4, -0.2) is 0 Å². The van der Waals surface area contributed by atoms with E-state index in [0.29, 0.717) is 0 Å². The first-order valence-corrected chi connectivity index (χ1v) is 21.3. The van der Waals surface area contributed by atoms with Gasteiger partial charge in [0.15, 0.2) is 0 Å². The topological polar surface area (TPSA) is 3.24 Å². The average molecular weight is 748 g/mol. The number of anilines is 3. The smallest absolute Gasteiger partial charge is 0.0462 e. The predicted molar refractivity (Wildman–Crippen MR) is 242 cm³/mol. The highest BCUT2D eigenvalue weighted by atomic mass is 32.1. The molecule has 0 amide bonds. The second-order valence-corrected chi connectivity index (χ2v) is 17.6. The molecule has 3 atom stereocenters. The molecule has 57 heavy (non-hydrogen) atoms. The lowest BCUT2D eigenvalue weighted by Gasteiger charge is -2.36. The second-order valence-electron chi connectivity index (χ2n) is 16.5. The van der Waals surface area contributed by atoms with E-state index in [1.807, 2.05) is 11.3 Å². The van der Waals surface area contributed by atoms with Gasteiger partial charge in [0, 0.05) is 42.6 Å². The fraction of sp³-hybridized carbons (Fsp3) is 0.127. The van der Waals surface area contributed by atoms with Gasteiger partial charge >= 0.3 is 0 Å². The van der Waals surface area contributed by atoms with Crippen molar-refractivity contribution in [2.75, 3.05) is 4.90 Å². The molecule has 2 fully saturated rings. The van der Waals surface area contributed by atoms with E-state index in [0.717, 1.165) is 28.9 Å². The summed E-state index contributed by atoms with van der Waals surface area (Å²) >= 11 is 1.87. The Labute approximate surface area is 338 Å². The molecule has 0 saturated heterocycles. The number of hydrogen-bond donors (Lipinski definition) is 0. The van der Waals surface area contributed by atoms with Gasteiger partial charge < -0.3 is 4.90 Å². The molecule has 0 N–H and O–H groups in total. The van der Waals surface area contributed by atoms with Crippen LogP contribution in [0.5, 0.6) is 0 Å². The van der Waals surface area contributed by atoms with Crippen LogP contribution in [0.2, 0.25) is 0 Å². The molecule has 12 rings (SSSR count). The first kappa shape index (κ1) is 33.0. The third-order valence-electron chi connectivity index (χ3n) is 13.6. The zero-order valence-corrected chi connectivity index (χ0v) is 32.6. The van der Waals surface area contributed by atoms with Crippen molar-refractivity contribution in [3.8, 4) is 44.5 Å². The summed E-state index contributed by atoms with van der Waals surface area (Å²) in [5.41, 5.74) is 17.1. The first-order valence-electron chi connectivity index (χ1n) is 20.5. The molecule has 2 bridgehead atoms. The van der Waals surface area contributed by atoms with Crippen molar-refractivity contribution in [2.24, 2.45) is 11.8 Å². The fourth-order valence-corrected chi connectivity index (χ4v) is 12.0. The van der Waals surface area contributed by atoms with Crippen LogP contribution in [0, 0.1) is 11.8 Å². The normalized spacial score (nSPS) is 19.0. The van der Waals surface area contributed by atoms with Crippen molar-refractivity contribution in [3.63, 3.8) is 0 Å². The first-order chi connectivity index (χ1) is 28.2. The molecule has 1 nitrogen and oxygen atoms in total. The van der Waals surface area contributed by atoms with Gasteiger partial charge in [0.25, 0.3) is 0 Å². The lowest BCUT2D eigenvalue weighted by atomic mass is 9.66. The van der Waals surface area contributed by atoms with Crippen LogP contribution in [0.4, 0.5) is 17.1 Å². The predicted octanol–water partition coefficient (Wildman–Crippen LogP) is 15.6. The van der Waals surface area contributed by atoms with Crippen LogP contribution in [0.3, 0.4) is 0 Å². The van der Waals surface area contributed by atoms with E-state index in [2.05, 4.69) is 193 Å². The zero-order valence-electron chi connectivity index (χ0n) is 31.7. The van der Waals surface area contributed by atoms with E-state index in [1.165, 1.54) is 90.4 Å². The molecule has 1 aromatic heterocycles. The fourth-order valence-electron chi connectivity index (χ4n) is 11.0. The third kappa shape index (κ3) is 5.20. The Kier molecular flexibility index (Phi) is 7.47. The van der Waals surface area contributed by atoms with Gasteiger partial charge in [-0.1, -0.05) is 134 Å². The minimum absolute atomic E-state index is 0.183. The van der Waals surface area contributed by atoms with Crippen molar-refractivity contribution >= 4 is 48.6 Å². The van der Waals surface area contributed by atoms with Crippen LogP contribution in [0.15, 0.2) is 188 Å². The molecule has 2 heteroatoms. The van der Waals surface area contributed by atoms with Crippen molar-refractivity contribution in [1.82, 2.24) is 0 Å². The summed E-state index contributed by atoms with van der Waals surface area (Å²) in [6.45, 7) is 0. The van der Waals surface area contributed by atoms with E-state index < -0.39 is 0 Å². The van der Waals surface area contributed by atoms with Crippen molar-refractivity contribution in [2.45, 2.75) is 31.1 Å². The van der Waals surface area contributed by atoms with Gasteiger partial charge in [-0.05, 0) is 147 Å². The van der Waals surface area contributed by atoms with Gasteiger partial charge in [0.2, 0.25) is 0 Å². The number of hydrogen-bond acceptors (Lipinski definition) is 2. The molecule has 0 radical (unpaired) electrons. The van der Waals surface area contributed by atoms with Gasteiger partial charge in [-0.2, -0.15) is 0 Å². The number of fused-ring (bicyclic) bond motifs is 11. The number of thiophene rings is 1. The molecule has 3 aliphatic carbocycles. The van der Waals surface area contributed by atoms with Gasteiger partial charge in [-0.25, -0.2) is 0 Å². The molecule has 1 heterocycles. The zero-order chi connectivity index (χ0) is 37.5. The monoisotopic (exact) mass is 747 g/mol. The Morgan fingerprint density at radius 3 is 1.65 bits per heavy atom. The third-order valence-corrected chi connectivity index (χ3v) is 14.7. The van der Waals surface area contributed by atoms with Gasteiger partial charge in [0.05, 0.1) is 0 Å². The van der Waals surface area contributed by atoms with Crippen molar-refractivity contribution < 1.29 is 0 Å². The van der Waals surface area contributed by atoms with Crippen LogP contribution >= 0.6 is 11.3 Å². The number of rotatable bonds is 6. The summed E-state index contributed by atoms with van der Waals surface area (Å²) in [4.78, 5) is 2.39. The summed E-state index contributed by atoms with van der Waals surface area (Å²) < 4.78 is 2.67.